The zero-order chi connectivity index (χ0) is 13.6. The van der Waals surface area contributed by atoms with Crippen LogP contribution in [0.2, 0.25) is 0 Å². The Morgan fingerprint density at radius 3 is 2.89 bits per heavy atom. The van der Waals surface area contributed by atoms with Gasteiger partial charge in [-0.1, -0.05) is 6.07 Å². The van der Waals surface area contributed by atoms with Gasteiger partial charge in [0, 0.05) is 6.54 Å². The first-order chi connectivity index (χ1) is 8.99. The Morgan fingerprint density at radius 1 is 1.42 bits per heavy atom. The van der Waals surface area contributed by atoms with Crippen LogP contribution in [0.5, 0.6) is 5.75 Å². The molecule has 0 spiro atoms. The molecule has 0 saturated carbocycles. The summed E-state index contributed by atoms with van der Waals surface area (Å²) in [5.41, 5.74) is 0.494. The molecule has 19 heavy (non-hydrogen) atoms. The molecule has 1 aliphatic heterocycles. The van der Waals surface area contributed by atoms with Crippen molar-refractivity contribution in [3.8, 4) is 5.75 Å². The number of aromatic nitrogens is 2. The molecule has 0 aliphatic carbocycles. The fourth-order valence-corrected chi connectivity index (χ4v) is 4.45. The van der Waals surface area contributed by atoms with E-state index in [2.05, 4.69) is 4.98 Å². The number of fused-ring (bicyclic) bond motifs is 1. The zero-order valence-electron chi connectivity index (χ0n) is 10.2. The first-order valence-electron chi connectivity index (χ1n) is 6.11. The summed E-state index contributed by atoms with van der Waals surface area (Å²) in [6.07, 6.45) is 1.20. The number of nitrogens with zero attached hydrogens (tertiary/aromatic N) is 1. The van der Waals surface area contributed by atoms with Crippen molar-refractivity contribution in [1.82, 2.24) is 9.55 Å². The first-order valence-corrected chi connectivity index (χ1v) is 7.82. The van der Waals surface area contributed by atoms with E-state index in [4.69, 9.17) is 0 Å². The summed E-state index contributed by atoms with van der Waals surface area (Å²) in [7, 11) is -3.12. The van der Waals surface area contributed by atoms with Gasteiger partial charge in [-0.25, -0.2) is 13.2 Å². The molecule has 1 aliphatic rings. The Labute approximate surface area is 109 Å². The Kier molecular flexibility index (Phi) is 2.67. The molecular formula is C12H14N2O4S. The molecule has 2 aromatic rings. The number of phenolic OH excluding ortho intramolecular Hbond substituents is 1. The highest BCUT2D eigenvalue weighted by Crippen LogP contribution is 2.25. The number of aromatic amines is 1. The van der Waals surface area contributed by atoms with Crippen LogP contribution in [0.1, 0.15) is 12.8 Å². The Bertz CT molecular complexity index is 788. The molecule has 1 unspecified atom stereocenters. The van der Waals surface area contributed by atoms with E-state index in [1.54, 1.807) is 12.1 Å². The number of aromatic hydroxyl groups is 1. The molecule has 1 saturated heterocycles. The first kappa shape index (κ1) is 12.3. The van der Waals surface area contributed by atoms with Crippen molar-refractivity contribution in [3.05, 3.63) is 28.7 Å². The number of H-pyrrole nitrogens is 1. The van der Waals surface area contributed by atoms with Crippen molar-refractivity contribution in [3.63, 3.8) is 0 Å². The van der Waals surface area contributed by atoms with Crippen LogP contribution in [0.25, 0.3) is 11.0 Å². The summed E-state index contributed by atoms with van der Waals surface area (Å²) in [6.45, 7) is 0.0960. The highest BCUT2D eigenvalue weighted by Gasteiger charge is 2.32. The lowest BCUT2D eigenvalue weighted by Gasteiger charge is -2.10. The van der Waals surface area contributed by atoms with E-state index in [0.717, 1.165) is 0 Å². The largest absolute Gasteiger partial charge is 0.506 e. The van der Waals surface area contributed by atoms with Gasteiger partial charge in [-0.2, -0.15) is 0 Å². The predicted molar refractivity (Wildman–Crippen MR) is 71.0 cm³/mol. The molecule has 102 valence electrons. The van der Waals surface area contributed by atoms with Gasteiger partial charge >= 0.3 is 5.69 Å². The van der Waals surface area contributed by atoms with Crippen LogP contribution in [-0.4, -0.2) is 34.1 Å². The highest BCUT2D eigenvalue weighted by atomic mass is 32.2. The number of hydrogen-bond acceptors (Lipinski definition) is 4. The van der Waals surface area contributed by atoms with Crippen molar-refractivity contribution < 1.29 is 13.5 Å². The second kappa shape index (κ2) is 4.12. The molecular weight excluding hydrogens is 268 g/mol. The smallest absolute Gasteiger partial charge is 0.326 e. The van der Waals surface area contributed by atoms with Gasteiger partial charge in [-0.15, -0.1) is 0 Å². The normalized spacial score (nSPS) is 22.0. The van der Waals surface area contributed by atoms with Crippen LogP contribution < -0.4 is 5.69 Å². The van der Waals surface area contributed by atoms with E-state index in [1.807, 2.05) is 0 Å². The summed E-state index contributed by atoms with van der Waals surface area (Å²) >= 11 is 0. The molecule has 0 bridgehead atoms. The number of imidazole rings is 1. The van der Waals surface area contributed by atoms with Crippen LogP contribution in [0.4, 0.5) is 0 Å². The second-order valence-electron chi connectivity index (χ2n) is 4.85. The van der Waals surface area contributed by atoms with Gasteiger partial charge in [-0.3, -0.25) is 4.57 Å². The van der Waals surface area contributed by atoms with Gasteiger partial charge in [-0.05, 0) is 25.0 Å². The predicted octanol–water partition coefficient (Wildman–Crippen LogP) is 0.612. The van der Waals surface area contributed by atoms with Gasteiger partial charge < -0.3 is 10.1 Å². The molecule has 0 amide bonds. The fourth-order valence-electron chi connectivity index (χ4n) is 2.64. The van der Waals surface area contributed by atoms with Crippen LogP contribution in [0.3, 0.4) is 0 Å². The third kappa shape index (κ3) is 1.94. The lowest BCUT2D eigenvalue weighted by atomic mass is 10.2. The average Bonchev–Trinajstić information content (AvgIpc) is 2.82. The summed E-state index contributed by atoms with van der Waals surface area (Å²) < 4.78 is 25.0. The molecule has 1 aromatic heterocycles. The second-order valence-corrected chi connectivity index (χ2v) is 7.25. The minimum atomic E-state index is -3.12. The molecule has 7 heteroatoms. The number of hydrogen-bond donors (Lipinski definition) is 2. The monoisotopic (exact) mass is 282 g/mol. The number of nitrogens with one attached hydrogen (secondary N) is 1. The molecule has 1 atom stereocenters. The van der Waals surface area contributed by atoms with Crippen molar-refractivity contribution in [2.45, 2.75) is 24.6 Å². The molecule has 2 heterocycles. The third-order valence-electron chi connectivity index (χ3n) is 3.62. The number of phenols is 1. The van der Waals surface area contributed by atoms with Gasteiger partial charge in [0.2, 0.25) is 0 Å². The van der Waals surface area contributed by atoms with Gasteiger partial charge in [0.05, 0.1) is 16.5 Å². The molecule has 6 nitrogen and oxygen atoms in total. The third-order valence-corrected chi connectivity index (χ3v) is 5.88. The van der Waals surface area contributed by atoms with E-state index in [0.29, 0.717) is 23.9 Å². The zero-order valence-corrected chi connectivity index (χ0v) is 11.0. The maximum Gasteiger partial charge on any atom is 0.326 e. The van der Waals surface area contributed by atoms with Gasteiger partial charge in [0.25, 0.3) is 0 Å². The Morgan fingerprint density at radius 2 is 2.21 bits per heavy atom. The number of benzene rings is 1. The number of sulfone groups is 1. The van der Waals surface area contributed by atoms with Crippen LogP contribution in [0, 0.1) is 0 Å². The summed E-state index contributed by atoms with van der Waals surface area (Å²) in [5, 5.41) is 9.30. The van der Waals surface area contributed by atoms with E-state index < -0.39 is 20.8 Å². The topological polar surface area (TPSA) is 92.2 Å². The number of para-hydroxylation sites is 1. The Hall–Kier alpha value is -1.76. The van der Waals surface area contributed by atoms with Crippen LogP contribution >= 0.6 is 0 Å². The van der Waals surface area contributed by atoms with Crippen molar-refractivity contribution >= 4 is 20.9 Å². The molecule has 0 radical (unpaired) electrons. The highest BCUT2D eigenvalue weighted by molar-refractivity contribution is 7.92. The van der Waals surface area contributed by atoms with Crippen LogP contribution in [-0.2, 0) is 16.4 Å². The molecule has 1 fully saturated rings. The summed E-state index contributed by atoms with van der Waals surface area (Å²) in [4.78, 5) is 14.5. The maximum absolute atomic E-state index is 11.9. The minimum absolute atomic E-state index is 0.0220. The van der Waals surface area contributed by atoms with Crippen molar-refractivity contribution in [2.24, 2.45) is 0 Å². The lowest BCUT2D eigenvalue weighted by molar-refractivity contribution is 0.476. The maximum atomic E-state index is 11.9. The van der Waals surface area contributed by atoms with E-state index in [-0.39, 0.29) is 18.0 Å². The van der Waals surface area contributed by atoms with Crippen molar-refractivity contribution in [1.29, 1.82) is 0 Å². The van der Waals surface area contributed by atoms with Gasteiger partial charge in [0.1, 0.15) is 11.3 Å². The quantitative estimate of drug-likeness (QED) is 0.844. The summed E-state index contributed by atoms with van der Waals surface area (Å²) in [6, 6.07) is 4.79. The Balaban J connectivity index is 2.11. The molecule has 1 aromatic carbocycles. The molecule has 3 rings (SSSR count). The van der Waals surface area contributed by atoms with E-state index in [1.165, 1.54) is 10.6 Å². The number of rotatable bonds is 2. The average molecular weight is 282 g/mol. The van der Waals surface area contributed by atoms with E-state index >= 15 is 0 Å². The van der Waals surface area contributed by atoms with Crippen molar-refractivity contribution in [2.75, 3.05) is 5.75 Å². The lowest BCUT2D eigenvalue weighted by Crippen LogP contribution is -2.28. The van der Waals surface area contributed by atoms with Gasteiger partial charge in [0.15, 0.2) is 9.84 Å². The summed E-state index contributed by atoms with van der Waals surface area (Å²) in [5.74, 6) is 0.159. The fraction of sp³-hybridized carbons (Fsp3) is 0.417. The minimum Gasteiger partial charge on any atom is -0.506 e. The standard InChI is InChI=1S/C12H14N2O4S/c15-10-5-1-4-9-11(10)14(12(16)13-9)7-8-3-2-6-19(8,17)18/h1,4-5,8,15H,2-3,6-7H2,(H,13,16). The SMILES string of the molecule is O=c1[nH]c2cccc(O)c2n1CC1CCCS1(=O)=O. The van der Waals surface area contributed by atoms with E-state index in [9.17, 15) is 18.3 Å². The van der Waals surface area contributed by atoms with Crippen LogP contribution in [0.15, 0.2) is 23.0 Å². The molecule has 2 N–H and O–H groups in total.